The second kappa shape index (κ2) is 6.14. The van der Waals surface area contributed by atoms with Gasteiger partial charge in [-0.25, -0.2) is 0 Å². The number of amides is 1. The molecule has 1 aromatic heterocycles. The summed E-state index contributed by atoms with van der Waals surface area (Å²) < 4.78 is 0. The highest BCUT2D eigenvalue weighted by atomic mass is 35.5. The second-order valence-electron chi connectivity index (χ2n) is 5.14. The van der Waals surface area contributed by atoms with Gasteiger partial charge >= 0.3 is 0 Å². The van der Waals surface area contributed by atoms with E-state index >= 15 is 0 Å². The first-order valence-corrected chi connectivity index (χ1v) is 7.32. The third kappa shape index (κ3) is 3.35. The van der Waals surface area contributed by atoms with Gasteiger partial charge in [0.1, 0.15) is 0 Å². The Kier molecular flexibility index (Phi) is 4.04. The molecule has 0 bridgehead atoms. The molecular weight excluding hydrogens is 314 g/mol. The lowest BCUT2D eigenvalue weighted by molar-refractivity contribution is -0.117. The van der Waals surface area contributed by atoms with Gasteiger partial charge in [-0.2, -0.15) is 0 Å². The number of rotatable bonds is 4. The molecule has 0 aliphatic rings. The summed E-state index contributed by atoms with van der Waals surface area (Å²) in [4.78, 5) is 18.1. The van der Waals surface area contributed by atoms with Crippen LogP contribution in [0.15, 0.2) is 47.5 Å². The van der Waals surface area contributed by atoms with Crippen LogP contribution in [0.1, 0.15) is 11.1 Å². The van der Waals surface area contributed by atoms with Crippen molar-refractivity contribution in [2.24, 2.45) is 10.7 Å². The number of aliphatic imine (C=N–C) groups is 1. The van der Waals surface area contributed by atoms with E-state index in [1.54, 1.807) is 48.7 Å². The molecule has 23 heavy (non-hydrogen) atoms. The van der Waals surface area contributed by atoms with E-state index in [2.05, 4.69) is 9.98 Å². The number of aromatic hydroxyl groups is 1. The van der Waals surface area contributed by atoms with Crippen molar-refractivity contribution in [3.05, 3.63) is 58.6 Å². The number of benzene rings is 2. The van der Waals surface area contributed by atoms with Crippen LogP contribution in [0.25, 0.3) is 10.9 Å². The van der Waals surface area contributed by atoms with E-state index in [0.717, 1.165) is 16.5 Å². The smallest absolute Gasteiger partial charge is 0.221 e. The van der Waals surface area contributed by atoms with Crippen LogP contribution in [0.2, 0.25) is 5.02 Å². The van der Waals surface area contributed by atoms with Crippen LogP contribution in [0.3, 0.4) is 0 Å². The van der Waals surface area contributed by atoms with Gasteiger partial charge in [-0.3, -0.25) is 9.79 Å². The Labute approximate surface area is 137 Å². The quantitative estimate of drug-likeness (QED) is 0.641. The fourth-order valence-corrected chi connectivity index (χ4v) is 2.51. The lowest BCUT2D eigenvalue weighted by Crippen LogP contribution is -2.13. The molecule has 5 nitrogen and oxygen atoms in total. The second-order valence-corrected chi connectivity index (χ2v) is 5.58. The van der Waals surface area contributed by atoms with Crippen LogP contribution in [-0.2, 0) is 11.2 Å². The molecule has 0 spiro atoms. The van der Waals surface area contributed by atoms with Crippen LogP contribution in [-0.4, -0.2) is 22.2 Å². The standard InChI is InChI=1S/C17H14ClN3O2/c18-11-3-6-15-13(8-11)14(17(23)21-15)9-20-12-4-1-10(2-5-12)7-16(19)22/h1-6,8-9,21,23H,7H2,(H2,19,22). The molecule has 0 radical (unpaired) electrons. The van der Waals surface area contributed by atoms with Gasteiger partial charge in [0.15, 0.2) is 5.88 Å². The van der Waals surface area contributed by atoms with Crippen molar-refractivity contribution in [3.8, 4) is 5.88 Å². The zero-order valence-electron chi connectivity index (χ0n) is 12.1. The van der Waals surface area contributed by atoms with Crippen LogP contribution >= 0.6 is 11.6 Å². The van der Waals surface area contributed by atoms with Gasteiger partial charge in [0, 0.05) is 22.1 Å². The number of primary amides is 1. The lowest BCUT2D eigenvalue weighted by Gasteiger charge is -1.98. The van der Waals surface area contributed by atoms with Crippen molar-refractivity contribution in [2.45, 2.75) is 6.42 Å². The van der Waals surface area contributed by atoms with Crippen molar-refractivity contribution in [3.63, 3.8) is 0 Å². The highest BCUT2D eigenvalue weighted by Crippen LogP contribution is 2.28. The minimum Gasteiger partial charge on any atom is -0.494 e. The minimum atomic E-state index is -0.373. The van der Waals surface area contributed by atoms with E-state index in [1.807, 2.05) is 0 Å². The van der Waals surface area contributed by atoms with Crippen molar-refractivity contribution in [1.29, 1.82) is 0 Å². The predicted molar refractivity (Wildman–Crippen MR) is 91.6 cm³/mol. The third-order valence-corrected chi connectivity index (χ3v) is 3.67. The molecule has 3 aromatic rings. The van der Waals surface area contributed by atoms with Crippen LogP contribution in [0.4, 0.5) is 5.69 Å². The number of fused-ring (bicyclic) bond motifs is 1. The molecular formula is C17H14ClN3O2. The third-order valence-electron chi connectivity index (χ3n) is 3.44. The number of carbonyl (C=O) groups is 1. The highest BCUT2D eigenvalue weighted by molar-refractivity contribution is 6.31. The average molecular weight is 328 g/mol. The van der Waals surface area contributed by atoms with E-state index in [-0.39, 0.29) is 18.2 Å². The Morgan fingerprint density at radius 1 is 1.26 bits per heavy atom. The number of H-pyrrole nitrogens is 1. The first kappa shape index (κ1) is 15.1. The maximum Gasteiger partial charge on any atom is 0.221 e. The summed E-state index contributed by atoms with van der Waals surface area (Å²) in [5.74, 6) is -0.335. The van der Waals surface area contributed by atoms with E-state index in [0.29, 0.717) is 16.3 Å². The molecule has 0 saturated heterocycles. The van der Waals surface area contributed by atoms with Gasteiger partial charge in [0.05, 0.1) is 17.7 Å². The number of nitrogens with one attached hydrogen (secondary N) is 1. The van der Waals surface area contributed by atoms with Gasteiger partial charge < -0.3 is 15.8 Å². The average Bonchev–Trinajstić information content (AvgIpc) is 2.81. The van der Waals surface area contributed by atoms with Crippen molar-refractivity contribution < 1.29 is 9.90 Å². The molecule has 6 heteroatoms. The Hall–Kier alpha value is -2.79. The summed E-state index contributed by atoms with van der Waals surface area (Å²) in [6.45, 7) is 0. The monoisotopic (exact) mass is 327 g/mol. The number of carbonyl (C=O) groups excluding carboxylic acids is 1. The summed E-state index contributed by atoms with van der Waals surface area (Å²) in [5.41, 5.74) is 8.05. The fourth-order valence-electron chi connectivity index (χ4n) is 2.34. The predicted octanol–water partition coefficient (Wildman–Crippen LogP) is 3.31. The Morgan fingerprint density at radius 2 is 2.00 bits per heavy atom. The van der Waals surface area contributed by atoms with E-state index in [9.17, 15) is 9.90 Å². The van der Waals surface area contributed by atoms with Crippen molar-refractivity contribution in [1.82, 2.24) is 4.98 Å². The molecule has 116 valence electrons. The van der Waals surface area contributed by atoms with Gasteiger partial charge in [-0.1, -0.05) is 23.7 Å². The molecule has 2 aromatic carbocycles. The Bertz CT molecular complexity index is 898. The number of hydrogen-bond acceptors (Lipinski definition) is 3. The maximum atomic E-state index is 10.9. The molecule has 0 atom stereocenters. The molecule has 3 rings (SSSR count). The number of nitrogens with zero attached hydrogens (tertiary/aromatic N) is 1. The first-order valence-electron chi connectivity index (χ1n) is 6.94. The zero-order chi connectivity index (χ0) is 16.4. The number of aromatic amines is 1. The topological polar surface area (TPSA) is 91.5 Å². The highest BCUT2D eigenvalue weighted by Gasteiger charge is 2.09. The first-order chi connectivity index (χ1) is 11.0. The van der Waals surface area contributed by atoms with Crippen LogP contribution in [0.5, 0.6) is 5.88 Å². The van der Waals surface area contributed by atoms with Gasteiger partial charge in [0.25, 0.3) is 0 Å². The summed E-state index contributed by atoms with van der Waals surface area (Å²) in [6, 6.07) is 12.5. The van der Waals surface area contributed by atoms with Crippen molar-refractivity contribution in [2.75, 3.05) is 0 Å². The normalized spacial score (nSPS) is 11.3. The maximum absolute atomic E-state index is 10.9. The van der Waals surface area contributed by atoms with E-state index in [1.165, 1.54) is 0 Å². The van der Waals surface area contributed by atoms with Crippen LogP contribution in [0, 0.1) is 0 Å². The number of aromatic nitrogens is 1. The lowest BCUT2D eigenvalue weighted by atomic mass is 10.1. The van der Waals surface area contributed by atoms with E-state index < -0.39 is 0 Å². The largest absolute Gasteiger partial charge is 0.494 e. The molecule has 0 aliphatic carbocycles. The fraction of sp³-hybridized carbons (Fsp3) is 0.0588. The molecule has 1 heterocycles. The molecule has 1 amide bonds. The van der Waals surface area contributed by atoms with E-state index in [4.69, 9.17) is 17.3 Å². The minimum absolute atomic E-state index is 0.0383. The molecule has 0 saturated carbocycles. The molecule has 0 unspecified atom stereocenters. The summed E-state index contributed by atoms with van der Waals surface area (Å²) >= 11 is 6.00. The Morgan fingerprint density at radius 3 is 2.70 bits per heavy atom. The van der Waals surface area contributed by atoms with Gasteiger partial charge in [0.2, 0.25) is 5.91 Å². The summed E-state index contributed by atoms with van der Waals surface area (Å²) in [7, 11) is 0. The summed E-state index contributed by atoms with van der Waals surface area (Å²) in [5, 5.41) is 11.4. The number of nitrogens with two attached hydrogens (primary N) is 1. The van der Waals surface area contributed by atoms with Crippen molar-refractivity contribution >= 4 is 40.3 Å². The number of hydrogen-bond donors (Lipinski definition) is 3. The van der Waals surface area contributed by atoms with Gasteiger partial charge in [-0.15, -0.1) is 0 Å². The molecule has 4 N–H and O–H groups in total. The van der Waals surface area contributed by atoms with Crippen LogP contribution < -0.4 is 5.73 Å². The molecule has 0 fully saturated rings. The van der Waals surface area contributed by atoms with Gasteiger partial charge in [-0.05, 0) is 35.9 Å². The zero-order valence-corrected chi connectivity index (χ0v) is 12.8. The summed E-state index contributed by atoms with van der Waals surface area (Å²) in [6.07, 6.45) is 1.78. The SMILES string of the molecule is NC(=O)Cc1ccc(N=Cc2c(O)[nH]c3ccc(Cl)cc23)cc1. The number of halogens is 1. The Balaban J connectivity index is 1.89. The molecule has 0 aliphatic heterocycles.